The van der Waals surface area contributed by atoms with Gasteiger partial charge in [-0.3, -0.25) is 14.8 Å². The molecule has 0 saturated carbocycles. The van der Waals surface area contributed by atoms with Crippen LogP contribution in [-0.2, 0) is 32.2 Å². The number of ether oxygens (including phenoxy) is 2. The molecule has 3 atom stereocenters. The van der Waals surface area contributed by atoms with Crippen LogP contribution in [-0.4, -0.2) is 52.8 Å². The number of aliphatic hydroxyl groups excluding tert-OH is 1. The largest absolute Gasteiger partial charge is 0.392 e. The van der Waals surface area contributed by atoms with E-state index in [1.54, 1.807) is 5.48 Å². The second-order valence-electron chi connectivity index (χ2n) is 10.1. The molecule has 38 heavy (non-hydrogen) atoms. The number of hydrogen-bond acceptors (Lipinski definition) is 7. The van der Waals surface area contributed by atoms with E-state index in [-0.39, 0.29) is 37.6 Å². The molecule has 206 valence electrons. The summed E-state index contributed by atoms with van der Waals surface area (Å²) in [5, 5.41) is 20.8. The molecule has 0 spiro atoms. The van der Waals surface area contributed by atoms with E-state index in [2.05, 4.69) is 10.2 Å². The Labute approximate surface area is 224 Å². The third kappa shape index (κ3) is 8.34. The van der Waals surface area contributed by atoms with Gasteiger partial charge in [0.1, 0.15) is 0 Å². The number of benzene rings is 2. The van der Waals surface area contributed by atoms with Crippen molar-refractivity contribution in [2.24, 2.45) is 0 Å². The highest BCUT2D eigenvalue weighted by molar-refractivity contribution is 5.78. The molecule has 0 radical (unpaired) electrons. The number of rotatable bonds is 11. The molecule has 4 rings (SSSR count). The van der Waals surface area contributed by atoms with E-state index in [0.29, 0.717) is 13.0 Å². The standard InChI is InChI=1S/C29H39N3O6/c33-20-22-9-11-23(12-10-22)26-17-25(19-32-15-2-1-3-16-32)37-29(38-26)24-13-7-21(8-14-24)18-30-27(34)5-4-6-28(35)31-36/h7-14,25-26,29,33,36H,1-6,15-20H2,(H,30,34)(H,31,35)/t25-,26+,29+/m0/s1. The van der Waals surface area contributed by atoms with Gasteiger partial charge in [0.15, 0.2) is 6.29 Å². The zero-order valence-corrected chi connectivity index (χ0v) is 21.8. The van der Waals surface area contributed by atoms with E-state index in [0.717, 1.165) is 48.3 Å². The lowest BCUT2D eigenvalue weighted by Crippen LogP contribution is -2.41. The van der Waals surface area contributed by atoms with Crippen molar-refractivity contribution < 1.29 is 29.4 Å². The zero-order chi connectivity index (χ0) is 26.7. The summed E-state index contributed by atoms with van der Waals surface area (Å²) in [5.41, 5.74) is 5.40. The number of nitrogens with one attached hydrogen (secondary N) is 2. The Bertz CT molecular complexity index is 1020. The van der Waals surface area contributed by atoms with Crippen molar-refractivity contribution in [3.63, 3.8) is 0 Å². The van der Waals surface area contributed by atoms with Gasteiger partial charge in [-0.25, -0.2) is 5.48 Å². The van der Waals surface area contributed by atoms with Crippen LogP contribution in [0.25, 0.3) is 0 Å². The van der Waals surface area contributed by atoms with Gasteiger partial charge >= 0.3 is 0 Å². The zero-order valence-electron chi connectivity index (χ0n) is 21.8. The first kappa shape index (κ1) is 28.2. The van der Waals surface area contributed by atoms with Crippen LogP contribution in [0.1, 0.15) is 79.6 Å². The third-order valence-corrected chi connectivity index (χ3v) is 7.20. The Morgan fingerprint density at radius 3 is 2.21 bits per heavy atom. The second-order valence-corrected chi connectivity index (χ2v) is 10.1. The van der Waals surface area contributed by atoms with Crippen LogP contribution in [0.15, 0.2) is 48.5 Å². The predicted molar refractivity (Wildman–Crippen MR) is 141 cm³/mol. The van der Waals surface area contributed by atoms with E-state index in [9.17, 15) is 14.7 Å². The van der Waals surface area contributed by atoms with Crippen LogP contribution in [0.4, 0.5) is 0 Å². The monoisotopic (exact) mass is 525 g/mol. The third-order valence-electron chi connectivity index (χ3n) is 7.20. The maximum atomic E-state index is 12.0. The number of piperidine rings is 1. The van der Waals surface area contributed by atoms with Crippen LogP contribution >= 0.6 is 0 Å². The highest BCUT2D eigenvalue weighted by Crippen LogP contribution is 2.38. The summed E-state index contributed by atoms with van der Waals surface area (Å²) in [7, 11) is 0. The Balaban J connectivity index is 1.37. The molecule has 2 amide bonds. The number of amides is 2. The molecule has 0 bridgehead atoms. The summed E-state index contributed by atoms with van der Waals surface area (Å²) < 4.78 is 12.9. The number of carbonyl (C=O) groups is 2. The lowest BCUT2D eigenvalue weighted by Gasteiger charge is -2.39. The fraction of sp³-hybridized carbons (Fsp3) is 0.517. The van der Waals surface area contributed by atoms with Crippen LogP contribution in [0, 0.1) is 0 Å². The lowest BCUT2D eigenvalue weighted by molar-refractivity contribution is -0.253. The fourth-order valence-electron chi connectivity index (χ4n) is 5.01. The molecule has 2 aliphatic rings. The maximum absolute atomic E-state index is 12.0. The number of aliphatic hydroxyl groups is 1. The van der Waals surface area contributed by atoms with Gasteiger partial charge in [-0.1, -0.05) is 55.0 Å². The van der Waals surface area contributed by atoms with Gasteiger partial charge in [0.2, 0.25) is 11.8 Å². The van der Waals surface area contributed by atoms with Crippen LogP contribution in [0.2, 0.25) is 0 Å². The van der Waals surface area contributed by atoms with Crippen LogP contribution < -0.4 is 10.8 Å². The van der Waals surface area contributed by atoms with Crippen LogP contribution in [0.3, 0.4) is 0 Å². The van der Waals surface area contributed by atoms with Crippen molar-refractivity contribution in [1.82, 2.24) is 15.7 Å². The quantitative estimate of drug-likeness (QED) is 0.262. The molecule has 2 heterocycles. The number of carbonyl (C=O) groups excluding carboxylic acids is 2. The number of hydroxylamine groups is 1. The van der Waals surface area contributed by atoms with Crippen molar-refractivity contribution in [2.45, 2.75) is 76.6 Å². The number of nitrogens with zero attached hydrogens (tertiary/aromatic N) is 1. The molecule has 2 aromatic carbocycles. The normalized spacial score (nSPS) is 22.1. The van der Waals surface area contributed by atoms with Gasteiger partial charge in [0.05, 0.1) is 18.8 Å². The van der Waals surface area contributed by atoms with Gasteiger partial charge in [0.25, 0.3) is 0 Å². The first-order valence-electron chi connectivity index (χ1n) is 13.6. The van der Waals surface area contributed by atoms with E-state index in [1.165, 1.54) is 19.3 Å². The van der Waals surface area contributed by atoms with Gasteiger partial charge in [-0.05, 0) is 49.0 Å². The van der Waals surface area contributed by atoms with E-state index in [1.807, 2.05) is 48.5 Å². The van der Waals surface area contributed by atoms with Crippen molar-refractivity contribution >= 4 is 11.8 Å². The molecule has 9 heteroatoms. The van der Waals surface area contributed by atoms with Crippen molar-refractivity contribution in [1.29, 1.82) is 0 Å². The number of likely N-dealkylation sites (tertiary alicyclic amines) is 1. The average Bonchev–Trinajstić information content (AvgIpc) is 2.96. The predicted octanol–water partition coefficient (Wildman–Crippen LogP) is 3.50. The highest BCUT2D eigenvalue weighted by atomic mass is 16.7. The molecule has 2 fully saturated rings. The van der Waals surface area contributed by atoms with Crippen molar-refractivity contribution in [3.8, 4) is 0 Å². The van der Waals surface area contributed by atoms with Gasteiger partial charge in [-0.2, -0.15) is 0 Å². The maximum Gasteiger partial charge on any atom is 0.243 e. The molecule has 0 aromatic heterocycles. The van der Waals surface area contributed by atoms with Gasteiger partial charge in [0, 0.05) is 37.9 Å². The summed E-state index contributed by atoms with van der Waals surface area (Å²) >= 11 is 0. The van der Waals surface area contributed by atoms with Gasteiger partial charge in [-0.15, -0.1) is 0 Å². The summed E-state index contributed by atoms with van der Waals surface area (Å²) in [6.45, 7) is 3.50. The minimum Gasteiger partial charge on any atom is -0.392 e. The lowest BCUT2D eigenvalue weighted by atomic mass is 9.99. The van der Waals surface area contributed by atoms with Crippen molar-refractivity contribution in [2.75, 3.05) is 19.6 Å². The molecule has 0 aliphatic carbocycles. The average molecular weight is 526 g/mol. The summed E-state index contributed by atoms with van der Waals surface area (Å²) in [6, 6.07) is 15.8. The van der Waals surface area contributed by atoms with E-state index in [4.69, 9.17) is 14.7 Å². The molecule has 2 aliphatic heterocycles. The van der Waals surface area contributed by atoms with Crippen LogP contribution in [0.5, 0.6) is 0 Å². The fourth-order valence-corrected chi connectivity index (χ4v) is 5.01. The minimum atomic E-state index is -0.498. The van der Waals surface area contributed by atoms with Gasteiger partial charge < -0.3 is 24.8 Å². The minimum absolute atomic E-state index is 0.0167. The Morgan fingerprint density at radius 2 is 1.53 bits per heavy atom. The topological polar surface area (TPSA) is 120 Å². The second kappa shape index (κ2) is 14.4. The SMILES string of the molecule is O=C(CCCC(=O)NCc1ccc([C@@H]2O[C@H](CN3CCCCC3)C[C@H](c3ccc(CO)cc3)O2)cc1)NO. The first-order valence-corrected chi connectivity index (χ1v) is 13.6. The molecule has 4 N–H and O–H groups in total. The van der Waals surface area contributed by atoms with E-state index >= 15 is 0 Å². The number of hydrogen-bond donors (Lipinski definition) is 4. The highest BCUT2D eigenvalue weighted by Gasteiger charge is 2.33. The summed E-state index contributed by atoms with van der Waals surface area (Å²) in [5.74, 6) is -0.641. The first-order chi connectivity index (χ1) is 18.5. The Kier molecular flexibility index (Phi) is 10.7. The smallest absolute Gasteiger partial charge is 0.243 e. The molecular formula is C29H39N3O6. The summed E-state index contributed by atoms with van der Waals surface area (Å²) in [6.07, 6.45) is 4.65. The molecular weight excluding hydrogens is 486 g/mol. The molecule has 9 nitrogen and oxygen atoms in total. The Morgan fingerprint density at radius 1 is 0.868 bits per heavy atom. The van der Waals surface area contributed by atoms with Crippen molar-refractivity contribution in [3.05, 3.63) is 70.8 Å². The molecule has 2 aromatic rings. The van der Waals surface area contributed by atoms with E-state index < -0.39 is 12.2 Å². The summed E-state index contributed by atoms with van der Waals surface area (Å²) in [4.78, 5) is 25.6. The molecule has 0 unspecified atom stereocenters. The molecule has 2 saturated heterocycles. The Hall–Kier alpha value is -2.82.